The van der Waals surface area contributed by atoms with Gasteiger partial charge in [-0.05, 0) is 67.3 Å². The maximum absolute atomic E-state index is 14.0. The molecule has 1 saturated carbocycles. The SMILES string of the molecule is CCc1ccc(C(=O)Nc2ccc(O)c(-c3cc(C4CC4)n(C(=O)NCc4ccccc4F)n3)c2)cc1. The number of anilines is 1. The molecule has 2 amide bonds. The summed E-state index contributed by atoms with van der Waals surface area (Å²) >= 11 is 0. The number of phenols is 1. The van der Waals surface area contributed by atoms with E-state index in [2.05, 4.69) is 22.7 Å². The third-order valence-corrected chi connectivity index (χ3v) is 6.47. The van der Waals surface area contributed by atoms with Crippen LogP contribution in [0.15, 0.2) is 72.8 Å². The molecule has 0 unspecified atom stereocenters. The second kappa shape index (κ2) is 10.3. The van der Waals surface area contributed by atoms with Gasteiger partial charge in [0.2, 0.25) is 0 Å². The van der Waals surface area contributed by atoms with Crippen LogP contribution in [-0.4, -0.2) is 26.8 Å². The summed E-state index contributed by atoms with van der Waals surface area (Å²) in [6.07, 6.45) is 2.76. The van der Waals surface area contributed by atoms with Crippen LogP contribution in [0.2, 0.25) is 0 Å². The molecule has 1 fully saturated rings. The number of aromatic nitrogens is 2. The molecule has 188 valence electrons. The lowest BCUT2D eigenvalue weighted by atomic mass is 10.1. The average molecular weight is 499 g/mol. The molecule has 1 aliphatic rings. The van der Waals surface area contributed by atoms with Gasteiger partial charge in [-0.1, -0.05) is 37.3 Å². The fourth-order valence-corrected chi connectivity index (χ4v) is 4.16. The Balaban J connectivity index is 1.37. The maximum atomic E-state index is 14.0. The minimum Gasteiger partial charge on any atom is -0.507 e. The van der Waals surface area contributed by atoms with Crippen molar-refractivity contribution in [1.29, 1.82) is 0 Å². The molecule has 37 heavy (non-hydrogen) atoms. The van der Waals surface area contributed by atoms with E-state index in [9.17, 15) is 19.1 Å². The molecule has 3 aromatic carbocycles. The Hall–Kier alpha value is -4.46. The van der Waals surface area contributed by atoms with Gasteiger partial charge in [-0.2, -0.15) is 9.78 Å². The molecule has 1 aliphatic carbocycles. The molecule has 0 spiro atoms. The standard InChI is InChI=1S/C29H27FN4O3/c1-2-18-7-9-20(10-8-18)28(36)32-22-13-14-27(35)23(15-22)25-16-26(19-11-12-19)34(33-25)29(37)31-17-21-5-3-4-6-24(21)30/h3-10,13-16,19,35H,2,11-12,17H2,1H3,(H,31,37)(H,32,36). The number of phenolic OH excluding ortho intramolecular Hbond substituents is 1. The molecule has 7 nitrogen and oxygen atoms in total. The minimum absolute atomic E-state index is 0.0240. The van der Waals surface area contributed by atoms with Gasteiger partial charge in [0.05, 0.1) is 11.4 Å². The van der Waals surface area contributed by atoms with Gasteiger partial charge in [-0.25, -0.2) is 9.18 Å². The van der Waals surface area contributed by atoms with E-state index < -0.39 is 11.8 Å². The Morgan fingerprint density at radius 3 is 2.51 bits per heavy atom. The number of aryl methyl sites for hydroxylation is 1. The first kappa shape index (κ1) is 24.2. The predicted molar refractivity (Wildman–Crippen MR) is 139 cm³/mol. The third kappa shape index (κ3) is 5.38. The smallest absolute Gasteiger partial charge is 0.342 e. The fraction of sp³-hybridized carbons (Fsp3) is 0.207. The molecular weight excluding hydrogens is 471 g/mol. The normalized spacial score (nSPS) is 12.8. The number of halogens is 1. The summed E-state index contributed by atoms with van der Waals surface area (Å²) in [5.41, 5.74) is 4.06. The number of hydrogen-bond donors (Lipinski definition) is 3. The van der Waals surface area contributed by atoms with Crippen molar-refractivity contribution >= 4 is 17.6 Å². The summed E-state index contributed by atoms with van der Waals surface area (Å²) in [6.45, 7) is 2.08. The van der Waals surface area contributed by atoms with Gasteiger partial charge in [-0.3, -0.25) is 4.79 Å². The van der Waals surface area contributed by atoms with Crippen molar-refractivity contribution in [3.63, 3.8) is 0 Å². The highest BCUT2D eigenvalue weighted by atomic mass is 19.1. The van der Waals surface area contributed by atoms with Crippen molar-refractivity contribution in [3.8, 4) is 17.0 Å². The van der Waals surface area contributed by atoms with Gasteiger partial charge in [0.25, 0.3) is 5.91 Å². The highest BCUT2D eigenvalue weighted by molar-refractivity contribution is 6.04. The van der Waals surface area contributed by atoms with Gasteiger partial charge in [0.1, 0.15) is 11.6 Å². The van der Waals surface area contributed by atoms with E-state index in [0.717, 1.165) is 30.5 Å². The number of nitrogens with zero attached hydrogens (tertiary/aromatic N) is 2. The molecule has 1 heterocycles. The van der Waals surface area contributed by atoms with Gasteiger partial charge in [0, 0.05) is 34.8 Å². The first-order valence-corrected chi connectivity index (χ1v) is 12.3. The van der Waals surface area contributed by atoms with Crippen LogP contribution >= 0.6 is 0 Å². The third-order valence-electron chi connectivity index (χ3n) is 6.47. The predicted octanol–water partition coefficient (Wildman–Crippen LogP) is 5.84. The molecule has 3 N–H and O–H groups in total. The van der Waals surface area contributed by atoms with E-state index in [-0.39, 0.29) is 24.1 Å². The number of benzene rings is 3. The highest BCUT2D eigenvalue weighted by Crippen LogP contribution is 2.42. The van der Waals surface area contributed by atoms with Crippen molar-refractivity contribution in [3.05, 3.63) is 101 Å². The highest BCUT2D eigenvalue weighted by Gasteiger charge is 2.31. The monoisotopic (exact) mass is 498 g/mol. The van der Waals surface area contributed by atoms with Crippen molar-refractivity contribution in [2.45, 2.75) is 38.6 Å². The summed E-state index contributed by atoms with van der Waals surface area (Å²) < 4.78 is 15.3. The largest absolute Gasteiger partial charge is 0.507 e. The first-order chi connectivity index (χ1) is 17.9. The summed E-state index contributed by atoms with van der Waals surface area (Å²) in [4.78, 5) is 25.7. The number of aromatic hydroxyl groups is 1. The van der Waals surface area contributed by atoms with Crippen LogP contribution in [-0.2, 0) is 13.0 Å². The Kier molecular flexibility index (Phi) is 6.72. The molecule has 8 heteroatoms. The zero-order valence-electron chi connectivity index (χ0n) is 20.4. The van der Waals surface area contributed by atoms with E-state index in [1.54, 1.807) is 48.5 Å². The maximum Gasteiger partial charge on any atom is 0.342 e. The van der Waals surface area contributed by atoms with Crippen LogP contribution < -0.4 is 10.6 Å². The Labute approximate surface area is 214 Å². The lowest BCUT2D eigenvalue weighted by Gasteiger charge is -2.09. The van der Waals surface area contributed by atoms with Crippen LogP contribution in [0.1, 0.15) is 52.9 Å². The van der Waals surface area contributed by atoms with E-state index in [4.69, 9.17) is 0 Å². The second-order valence-corrected chi connectivity index (χ2v) is 9.13. The number of carbonyl (C=O) groups is 2. The zero-order valence-corrected chi connectivity index (χ0v) is 20.4. The molecule has 5 rings (SSSR count). The van der Waals surface area contributed by atoms with E-state index in [1.807, 2.05) is 12.1 Å². The van der Waals surface area contributed by atoms with Gasteiger partial charge in [0.15, 0.2) is 0 Å². The van der Waals surface area contributed by atoms with Crippen LogP contribution in [0.5, 0.6) is 5.75 Å². The van der Waals surface area contributed by atoms with Gasteiger partial charge in [-0.15, -0.1) is 0 Å². The average Bonchev–Trinajstić information content (AvgIpc) is 3.67. The number of nitrogens with one attached hydrogen (secondary N) is 2. The van der Waals surface area contributed by atoms with Crippen LogP contribution in [0.3, 0.4) is 0 Å². The lowest BCUT2D eigenvalue weighted by Crippen LogP contribution is -2.30. The second-order valence-electron chi connectivity index (χ2n) is 9.13. The summed E-state index contributed by atoms with van der Waals surface area (Å²) in [5, 5.41) is 20.6. The summed E-state index contributed by atoms with van der Waals surface area (Å²) in [6, 6.07) is 19.7. The van der Waals surface area contributed by atoms with Crippen LogP contribution in [0.25, 0.3) is 11.3 Å². The Morgan fingerprint density at radius 2 is 1.81 bits per heavy atom. The van der Waals surface area contributed by atoms with Crippen molar-refractivity contribution < 1.29 is 19.1 Å². The summed E-state index contributed by atoms with van der Waals surface area (Å²) in [5.74, 6) is -0.492. The minimum atomic E-state index is -0.476. The van der Waals surface area contributed by atoms with E-state index >= 15 is 0 Å². The summed E-state index contributed by atoms with van der Waals surface area (Å²) in [7, 11) is 0. The zero-order chi connectivity index (χ0) is 25.9. The molecule has 0 radical (unpaired) electrons. The Bertz CT molecular complexity index is 1460. The van der Waals surface area contributed by atoms with Gasteiger partial charge >= 0.3 is 6.03 Å². The Morgan fingerprint density at radius 1 is 1.05 bits per heavy atom. The van der Waals surface area contributed by atoms with Crippen LogP contribution in [0.4, 0.5) is 14.9 Å². The van der Waals surface area contributed by atoms with Crippen LogP contribution in [0, 0.1) is 5.82 Å². The number of hydrogen-bond acceptors (Lipinski definition) is 4. The van der Waals surface area contributed by atoms with E-state index in [0.29, 0.717) is 28.1 Å². The molecule has 1 aromatic heterocycles. The number of rotatable bonds is 7. The molecule has 0 saturated heterocycles. The van der Waals surface area contributed by atoms with E-state index in [1.165, 1.54) is 16.8 Å². The van der Waals surface area contributed by atoms with Crippen molar-refractivity contribution in [2.24, 2.45) is 0 Å². The first-order valence-electron chi connectivity index (χ1n) is 12.3. The number of amides is 2. The van der Waals surface area contributed by atoms with Crippen molar-refractivity contribution in [2.75, 3.05) is 5.32 Å². The lowest BCUT2D eigenvalue weighted by molar-refractivity contribution is 0.102. The number of carbonyl (C=O) groups excluding carboxylic acids is 2. The topological polar surface area (TPSA) is 96.2 Å². The molecule has 0 bridgehead atoms. The molecular formula is C29H27FN4O3. The molecule has 4 aromatic rings. The molecule has 0 atom stereocenters. The van der Waals surface area contributed by atoms with Gasteiger partial charge < -0.3 is 15.7 Å². The molecule has 0 aliphatic heterocycles. The van der Waals surface area contributed by atoms with Crippen molar-refractivity contribution in [1.82, 2.24) is 15.1 Å². The fourth-order valence-electron chi connectivity index (χ4n) is 4.16. The quantitative estimate of drug-likeness (QED) is 0.279.